The molecule has 1 saturated heterocycles. The van der Waals surface area contributed by atoms with Crippen LogP contribution in [0.5, 0.6) is 0 Å². The third-order valence-corrected chi connectivity index (χ3v) is 3.05. The van der Waals surface area contributed by atoms with Gasteiger partial charge in [0.15, 0.2) is 0 Å². The monoisotopic (exact) mass is 249 g/mol. The Morgan fingerprint density at radius 1 is 1.56 bits per heavy atom. The summed E-state index contributed by atoms with van der Waals surface area (Å²) in [4.78, 5) is 16.0. The van der Waals surface area contributed by atoms with E-state index in [0.29, 0.717) is 12.2 Å². The third-order valence-electron chi connectivity index (χ3n) is 3.05. The number of amides is 1. The van der Waals surface area contributed by atoms with Gasteiger partial charge in [0.2, 0.25) is 0 Å². The molecule has 2 rings (SSSR count). The molecule has 0 aromatic carbocycles. The second-order valence-corrected chi connectivity index (χ2v) is 4.38. The van der Waals surface area contributed by atoms with E-state index in [4.69, 9.17) is 4.74 Å². The molecule has 0 radical (unpaired) electrons. The van der Waals surface area contributed by atoms with Crippen LogP contribution in [-0.4, -0.2) is 37.2 Å². The lowest BCUT2D eigenvalue weighted by Crippen LogP contribution is -2.35. The van der Waals surface area contributed by atoms with E-state index in [9.17, 15) is 4.79 Å². The van der Waals surface area contributed by atoms with Crippen molar-refractivity contribution in [2.24, 2.45) is 0 Å². The van der Waals surface area contributed by atoms with E-state index in [0.717, 1.165) is 25.1 Å². The highest BCUT2D eigenvalue weighted by Gasteiger charge is 2.15. The lowest BCUT2D eigenvalue weighted by Gasteiger charge is -2.22. The van der Waals surface area contributed by atoms with Gasteiger partial charge in [0.1, 0.15) is 5.69 Å². The Bertz CT molecular complexity index is 403. The fourth-order valence-electron chi connectivity index (χ4n) is 1.98. The van der Waals surface area contributed by atoms with Gasteiger partial charge >= 0.3 is 0 Å². The molecule has 0 spiro atoms. The topological polar surface area (TPSA) is 63.2 Å². The smallest absolute Gasteiger partial charge is 0.270 e. The Morgan fingerprint density at radius 3 is 3.17 bits per heavy atom. The first-order valence-corrected chi connectivity index (χ1v) is 6.33. The van der Waals surface area contributed by atoms with Crippen LogP contribution in [0.1, 0.15) is 29.8 Å². The van der Waals surface area contributed by atoms with Crippen molar-refractivity contribution in [3.8, 4) is 0 Å². The second kappa shape index (κ2) is 6.35. The molecule has 1 aliphatic heterocycles. The van der Waals surface area contributed by atoms with E-state index < -0.39 is 0 Å². The van der Waals surface area contributed by atoms with Gasteiger partial charge in [-0.2, -0.15) is 0 Å². The van der Waals surface area contributed by atoms with Gasteiger partial charge in [0.25, 0.3) is 5.91 Å². The Balaban J connectivity index is 1.86. The van der Waals surface area contributed by atoms with Crippen LogP contribution in [0.3, 0.4) is 0 Å². The Hall–Kier alpha value is -1.62. The number of hydrogen-bond acceptors (Lipinski definition) is 4. The summed E-state index contributed by atoms with van der Waals surface area (Å²) in [5, 5.41) is 5.85. The zero-order chi connectivity index (χ0) is 12.8. The number of pyridine rings is 1. The van der Waals surface area contributed by atoms with Gasteiger partial charge in [0, 0.05) is 32.1 Å². The third kappa shape index (κ3) is 3.43. The maximum atomic E-state index is 11.9. The van der Waals surface area contributed by atoms with Gasteiger partial charge in [-0.05, 0) is 31.4 Å². The molecule has 1 fully saturated rings. The molecule has 1 aromatic rings. The number of aromatic nitrogens is 1. The lowest BCUT2D eigenvalue weighted by molar-refractivity contribution is 0.0168. The Morgan fingerprint density at radius 2 is 2.44 bits per heavy atom. The molecule has 5 heteroatoms. The van der Waals surface area contributed by atoms with Gasteiger partial charge in [-0.3, -0.25) is 9.78 Å². The summed E-state index contributed by atoms with van der Waals surface area (Å²) in [6, 6.07) is 3.55. The van der Waals surface area contributed by atoms with Crippen molar-refractivity contribution in [2.45, 2.75) is 25.4 Å². The van der Waals surface area contributed by atoms with E-state index in [2.05, 4.69) is 15.6 Å². The number of anilines is 1. The maximum Gasteiger partial charge on any atom is 0.270 e. The normalized spacial score (nSPS) is 19.3. The molecule has 0 saturated carbocycles. The molecule has 18 heavy (non-hydrogen) atoms. The molecule has 0 aliphatic carbocycles. The van der Waals surface area contributed by atoms with Gasteiger partial charge in [0.05, 0.1) is 6.10 Å². The molecule has 2 heterocycles. The van der Waals surface area contributed by atoms with Crippen molar-refractivity contribution in [2.75, 3.05) is 25.5 Å². The predicted molar refractivity (Wildman–Crippen MR) is 69.7 cm³/mol. The molecule has 1 unspecified atom stereocenters. The summed E-state index contributed by atoms with van der Waals surface area (Å²) >= 11 is 0. The first-order chi connectivity index (χ1) is 8.79. The van der Waals surface area contributed by atoms with Crippen LogP contribution in [0, 0.1) is 0 Å². The van der Waals surface area contributed by atoms with Crippen LogP contribution in [0.15, 0.2) is 18.3 Å². The summed E-state index contributed by atoms with van der Waals surface area (Å²) < 4.78 is 5.56. The van der Waals surface area contributed by atoms with E-state index in [-0.39, 0.29) is 12.0 Å². The van der Waals surface area contributed by atoms with Crippen molar-refractivity contribution in [1.82, 2.24) is 10.3 Å². The summed E-state index contributed by atoms with van der Waals surface area (Å²) in [5.74, 6) is -0.152. The van der Waals surface area contributed by atoms with Crippen molar-refractivity contribution >= 4 is 11.6 Å². The highest BCUT2D eigenvalue weighted by molar-refractivity contribution is 5.93. The first-order valence-electron chi connectivity index (χ1n) is 6.33. The quantitative estimate of drug-likeness (QED) is 0.847. The van der Waals surface area contributed by atoms with Crippen LogP contribution in [0.25, 0.3) is 0 Å². The van der Waals surface area contributed by atoms with Crippen LogP contribution in [0.2, 0.25) is 0 Å². The largest absolute Gasteiger partial charge is 0.388 e. The molecule has 1 aromatic heterocycles. The van der Waals surface area contributed by atoms with Crippen molar-refractivity contribution in [1.29, 1.82) is 0 Å². The zero-order valence-electron chi connectivity index (χ0n) is 10.6. The molecular formula is C13H19N3O2. The summed E-state index contributed by atoms with van der Waals surface area (Å²) in [7, 11) is 1.81. The number of ether oxygens (including phenoxy) is 1. The molecule has 98 valence electrons. The zero-order valence-corrected chi connectivity index (χ0v) is 10.6. The van der Waals surface area contributed by atoms with E-state index in [1.54, 1.807) is 12.3 Å². The second-order valence-electron chi connectivity index (χ2n) is 4.38. The van der Waals surface area contributed by atoms with E-state index in [1.165, 1.54) is 6.42 Å². The molecule has 2 N–H and O–H groups in total. The maximum absolute atomic E-state index is 11.9. The minimum absolute atomic E-state index is 0.148. The molecule has 1 aliphatic rings. The Labute approximate surface area is 107 Å². The standard InChI is InChI=1S/C13H19N3O2/c1-14-10-5-6-15-12(8-10)13(17)16-9-11-4-2-3-7-18-11/h5-6,8,11H,2-4,7,9H2,1H3,(H,14,15)(H,16,17). The average Bonchev–Trinajstić information content (AvgIpc) is 2.46. The summed E-state index contributed by atoms with van der Waals surface area (Å²) in [6.45, 7) is 1.36. The summed E-state index contributed by atoms with van der Waals surface area (Å²) in [6.07, 6.45) is 5.09. The fraction of sp³-hybridized carbons (Fsp3) is 0.538. The van der Waals surface area contributed by atoms with E-state index >= 15 is 0 Å². The minimum Gasteiger partial charge on any atom is -0.388 e. The number of rotatable bonds is 4. The minimum atomic E-state index is -0.152. The number of carbonyl (C=O) groups is 1. The van der Waals surface area contributed by atoms with Gasteiger partial charge < -0.3 is 15.4 Å². The molecule has 5 nitrogen and oxygen atoms in total. The Kier molecular flexibility index (Phi) is 4.52. The molecule has 1 amide bonds. The lowest BCUT2D eigenvalue weighted by atomic mass is 10.1. The molecular weight excluding hydrogens is 230 g/mol. The number of carbonyl (C=O) groups excluding carboxylic acids is 1. The number of nitrogens with one attached hydrogen (secondary N) is 2. The van der Waals surface area contributed by atoms with Crippen LogP contribution in [-0.2, 0) is 4.74 Å². The van der Waals surface area contributed by atoms with E-state index in [1.807, 2.05) is 13.1 Å². The SMILES string of the molecule is CNc1ccnc(C(=O)NCC2CCCCO2)c1. The van der Waals surface area contributed by atoms with Crippen LogP contribution < -0.4 is 10.6 Å². The number of nitrogens with zero attached hydrogens (tertiary/aromatic N) is 1. The van der Waals surface area contributed by atoms with Gasteiger partial charge in [-0.15, -0.1) is 0 Å². The highest BCUT2D eigenvalue weighted by Crippen LogP contribution is 2.12. The average molecular weight is 249 g/mol. The van der Waals surface area contributed by atoms with Gasteiger partial charge in [-0.1, -0.05) is 0 Å². The van der Waals surface area contributed by atoms with Crippen LogP contribution >= 0.6 is 0 Å². The first kappa shape index (κ1) is 12.8. The molecule has 1 atom stereocenters. The number of hydrogen-bond donors (Lipinski definition) is 2. The van der Waals surface area contributed by atoms with Gasteiger partial charge in [-0.25, -0.2) is 0 Å². The fourth-order valence-corrected chi connectivity index (χ4v) is 1.98. The van der Waals surface area contributed by atoms with Crippen molar-refractivity contribution in [3.05, 3.63) is 24.0 Å². The summed E-state index contributed by atoms with van der Waals surface area (Å²) in [5.41, 5.74) is 1.31. The van der Waals surface area contributed by atoms with Crippen molar-refractivity contribution in [3.63, 3.8) is 0 Å². The predicted octanol–water partition coefficient (Wildman–Crippen LogP) is 1.42. The highest BCUT2D eigenvalue weighted by atomic mass is 16.5. The van der Waals surface area contributed by atoms with Crippen molar-refractivity contribution < 1.29 is 9.53 Å². The molecule has 0 bridgehead atoms. The van der Waals surface area contributed by atoms with Crippen LogP contribution in [0.4, 0.5) is 5.69 Å².